The first-order chi connectivity index (χ1) is 11.0. The van der Waals surface area contributed by atoms with Gasteiger partial charge >= 0.3 is 11.0 Å². The van der Waals surface area contributed by atoms with Crippen LogP contribution in [0.5, 0.6) is 0 Å². The van der Waals surface area contributed by atoms with E-state index >= 15 is 0 Å². The third kappa shape index (κ3) is 2.61. The number of allylic oxidation sites excluding steroid dienone is 2. The van der Waals surface area contributed by atoms with E-state index in [0.29, 0.717) is 4.90 Å². The number of carbonyl (C=O) groups is 2. The van der Waals surface area contributed by atoms with Crippen LogP contribution >= 0.6 is 0 Å². The molecule has 5 nitrogen and oxygen atoms in total. The number of benzene rings is 1. The van der Waals surface area contributed by atoms with Crippen molar-refractivity contribution in [1.82, 2.24) is 0 Å². The Morgan fingerprint density at radius 1 is 1.09 bits per heavy atom. The number of ether oxygens (including phenoxy) is 1. The lowest BCUT2D eigenvalue weighted by Crippen LogP contribution is -2.38. The summed E-state index contributed by atoms with van der Waals surface area (Å²) in [6.07, 6.45) is 4.50. The van der Waals surface area contributed by atoms with Crippen LogP contribution in [0.15, 0.2) is 59.5 Å². The van der Waals surface area contributed by atoms with Gasteiger partial charge in [0.1, 0.15) is 4.90 Å². The first-order valence-electron chi connectivity index (χ1n) is 6.91. The molecule has 0 aliphatic heterocycles. The third-order valence-corrected chi connectivity index (χ3v) is 4.91. The molecule has 1 unspecified atom stereocenters. The normalized spacial score (nSPS) is 15.0. The Morgan fingerprint density at radius 2 is 1.78 bits per heavy atom. The van der Waals surface area contributed by atoms with Crippen LogP contribution in [0.3, 0.4) is 0 Å². The van der Waals surface area contributed by atoms with Crippen molar-refractivity contribution in [3.63, 3.8) is 0 Å². The van der Waals surface area contributed by atoms with E-state index in [1.54, 1.807) is 30.6 Å². The highest BCUT2D eigenvalue weighted by Crippen LogP contribution is 2.26. The molecule has 3 rings (SSSR count). The van der Waals surface area contributed by atoms with Crippen LogP contribution in [0.25, 0.3) is 0 Å². The van der Waals surface area contributed by atoms with Gasteiger partial charge < -0.3 is 4.74 Å². The van der Waals surface area contributed by atoms with E-state index in [2.05, 4.69) is 0 Å². The van der Waals surface area contributed by atoms with Crippen molar-refractivity contribution < 1.29 is 22.5 Å². The predicted octanol–water partition coefficient (Wildman–Crippen LogP) is 1.76. The van der Waals surface area contributed by atoms with Crippen molar-refractivity contribution in [3.8, 4) is 0 Å². The number of Topliss-reactive ketones (excluding diaryl/α,β-unsaturated/α-hetero) is 1. The standard InChI is InChI=1S/C17H14NO4S/c1-11-6-8-18(9-7-11)23(21)15-5-3-4-12-16(15)13(19)10-14(22-2)17(12)20/h3-10H,1-2H3/q+1. The topological polar surface area (TPSA) is 64.3 Å². The molecule has 23 heavy (non-hydrogen) atoms. The van der Waals surface area contributed by atoms with Gasteiger partial charge in [0.25, 0.3) is 0 Å². The minimum absolute atomic E-state index is 0.00609. The Bertz CT molecular complexity index is 869. The van der Waals surface area contributed by atoms with Gasteiger partial charge in [-0.15, -0.1) is 3.97 Å². The van der Waals surface area contributed by atoms with Gasteiger partial charge in [0, 0.05) is 23.8 Å². The van der Waals surface area contributed by atoms with Crippen LogP contribution in [0, 0.1) is 6.92 Å². The number of nitrogens with zero attached hydrogens (tertiary/aromatic N) is 1. The molecular weight excluding hydrogens is 314 g/mol. The second kappa shape index (κ2) is 5.89. The van der Waals surface area contributed by atoms with Crippen LogP contribution in [-0.2, 0) is 15.7 Å². The Morgan fingerprint density at radius 3 is 2.43 bits per heavy atom. The number of pyridine rings is 1. The first kappa shape index (κ1) is 15.3. The molecule has 1 atom stereocenters. The highest BCUT2D eigenvalue weighted by molar-refractivity contribution is 7.78. The quantitative estimate of drug-likeness (QED) is 0.806. The zero-order valence-corrected chi connectivity index (χ0v) is 13.4. The first-order valence-corrected chi connectivity index (χ1v) is 8.01. The van der Waals surface area contributed by atoms with Crippen molar-refractivity contribution in [1.29, 1.82) is 0 Å². The Hall–Kier alpha value is -2.60. The monoisotopic (exact) mass is 328 g/mol. The highest BCUT2D eigenvalue weighted by atomic mass is 32.2. The van der Waals surface area contributed by atoms with Gasteiger partial charge in [-0.05, 0) is 18.6 Å². The summed E-state index contributed by atoms with van der Waals surface area (Å²) in [6, 6.07) is 8.40. The molecule has 116 valence electrons. The molecule has 0 fully saturated rings. The van der Waals surface area contributed by atoms with Gasteiger partial charge in [0.2, 0.25) is 5.78 Å². The van der Waals surface area contributed by atoms with Gasteiger partial charge in [0.15, 0.2) is 23.9 Å². The maximum atomic E-state index is 12.8. The van der Waals surface area contributed by atoms with Gasteiger partial charge in [-0.2, -0.15) is 4.21 Å². The molecule has 0 spiro atoms. The Kier molecular flexibility index (Phi) is 3.92. The van der Waals surface area contributed by atoms with Gasteiger partial charge in [-0.25, -0.2) is 0 Å². The van der Waals surface area contributed by atoms with Crippen molar-refractivity contribution in [2.75, 3.05) is 7.11 Å². The lowest BCUT2D eigenvalue weighted by atomic mass is 9.93. The van der Waals surface area contributed by atoms with E-state index in [9.17, 15) is 13.8 Å². The molecule has 1 aliphatic rings. The minimum atomic E-state index is -1.62. The Balaban J connectivity index is 2.13. The fraction of sp³-hybridized carbons (Fsp3) is 0.118. The van der Waals surface area contributed by atoms with E-state index in [0.717, 1.165) is 11.6 Å². The van der Waals surface area contributed by atoms with Crippen molar-refractivity contribution in [2.24, 2.45) is 0 Å². The molecular formula is C17H14NO4S+. The largest absolute Gasteiger partial charge is 0.492 e. The molecule has 1 heterocycles. The fourth-order valence-corrected chi connectivity index (χ4v) is 3.52. The summed E-state index contributed by atoms with van der Waals surface area (Å²) < 4.78 is 19.2. The number of hydrogen-bond donors (Lipinski definition) is 0. The number of ketones is 2. The molecule has 0 amide bonds. The van der Waals surface area contributed by atoms with E-state index in [1.807, 2.05) is 19.1 Å². The predicted molar refractivity (Wildman–Crippen MR) is 83.4 cm³/mol. The lowest BCUT2D eigenvalue weighted by molar-refractivity contribution is -0.504. The van der Waals surface area contributed by atoms with Crippen LogP contribution in [-0.4, -0.2) is 22.9 Å². The molecule has 1 aromatic heterocycles. The van der Waals surface area contributed by atoms with Gasteiger partial charge in [0.05, 0.1) is 12.7 Å². The number of rotatable bonds is 3. The van der Waals surface area contributed by atoms with Crippen LogP contribution in [0.1, 0.15) is 26.3 Å². The zero-order chi connectivity index (χ0) is 16.6. The SMILES string of the molecule is COC1=CC(=O)c2c(cccc2S(=O)[n+]2ccc(C)cc2)C1=O. The number of carbonyl (C=O) groups excluding carboxylic acids is 2. The van der Waals surface area contributed by atoms with Gasteiger partial charge in [-0.3, -0.25) is 9.59 Å². The Labute approximate surface area is 135 Å². The molecule has 1 aromatic carbocycles. The summed E-state index contributed by atoms with van der Waals surface area (Å²) in [5, 5.41) is 0. The summed E-state index contributed by atoms with van der Waals surface area (Å²) in [5.74, 6) is -0.767. The summed E-state index contributed by atoms with van der Waals surface area (Å²) in [6.45, 7) is 1.93. The van der Waals surface area contributed by atoms with E-state index in [4.69, 9.17) is 4.74 Å². The van der Waals surface area contributed by atoms with E-state index in [-0.39, 0.29) is 28.5 Å². The molecule has 2 aromatic rings. The van der Waals surface area contributed by atoms with Crippen LogP contribution < -0.4 is 3.97 Å². The average molecular weight is 328 g/mol. The summed E-state index contributed by atoms with van der Waals surface area (Å²) >= 11 is 0. The molecule has 6 heteroatoms. The van der Waals surface area contributed by atoms with Gasteiger partial charge in [-0.1, -0.05) is 12.1 Å². The summed E-state index contributed by atoms with van der Waals surface area (Å²) in [5.41, 5.74) is 1.42. The smallest absolute Gasteiger partial charge is 0.321 e. The lowest BCUT2D eigenvalue weighted by Gasteiger charge is -2.15. The fourth-order valence-electron chi connectivity index (χ4n) is 2.37. The number of methoxy groups -OCH3 is 1. The third-order valence-electron chi connectivity index (χ3n) is 3.57. The highest BCUT2D eigenvalue weighted by Gasteiger charge is 2.32. The number of fused-ring (bicyclic) bond motifs is 1. The second-order valence-electron chi connectivity index (χ2n) is 5.07. The number of aryl methyl sites for hydroxylation is 1. The van der Waals surface area contributed by atoms with E-state index in [1.165, 1.54) is 11.1 Å². The maximum absolute atomic E-state index is 12.8. The molecule has 0 radical (unpaired) electrons. The number of hydrogen-bond acceptors (Lipinski definition) is 4. The molecule has 0 saturated heterocycles. The molecule has 0 bridgehead atoms. The van der Waals surface area contributed by atoms with E-state index < -0.39 is 11.0 Å². The van der Waals surface area contributed by atoms with Crippen LogP contribution in [0.4, 0.5) is 0 Å². The van der Waals surface area contributed by atoms with Crippen molar-refractivity contribution >= 4 is 22.6 Å². The van der Waals surface area contributed by atoms with Crippen molar-refractivity contribution in [2.45, 2.75) is 11.8 Å². The summed E-state index contributed by atoms with van der Waals surface area (Å²) in [7, 11) is -0.280. The maximum Gasteiger partial charge on any atom is 0.321 e. The van der Waals surface area contributed by atoms with Crippen molar-refractivity contribution in [3.05, 3.63) is 71.3 Å². The number of aromatic nitrogens is 1. The average Bonchev–Trinajstić information content (AvgIpc) is 2.57. The molecule has 0 N–H and O–H groups in total. The molecule has 1 aliphatic carbocycles. The molecule has 0 saturated carbocycles. The minimum Gasteiger partial charge on any atom is -0.492 e. The zero-order valence-electron chi connectivity index (χ0n) is 12.6. The summed E-state index contributed by atoms with van der Waals surface area (Å²) in [4.78, 5) is 25.0. The van der Waals surface area contributed by atoms with Crippen LogP contribution in [0.2, 0.25) is 0 Å². The second-order valence-corrected chi connectivity index (χ2v) is 6.43.